The Morgan fingerprint density at radius 1 is 1.14 bits per heavy atom. The van der Waals surface area contributed by atoms with Crippen molar-refractivity contribution in [3.63, 3.8) is 0 Å². The maximum Gasteiger partial charge on any atom is 0.337 e. The van der Waals surface area contributed by atoms with Gasteiger partial charge in [0.15, 0.2) is 6.10 Å². The predicted octanol–water partition coefficient (Wildman–Crippen LogP) is 3.85. The monoisotopic (exact) mass is 405 g/mol. The zero-order valence-corrected chi connectivity index (χ0v) is 15.8. The van der Waals surface area contributed by atoms with E-state index in [4.69, 9.17) is 16.3 Å². The van der Waals surface area contributed by atoms with Crippen LogP contribution in [-0.4, -0.2) is 31.1 Å². The molecule has 1 N–H and O–H groups in total. The van der Waals surface area contributed by atoms with Gasteiger partial charge in [0.25, 0.3) is 5.91 Å². The number of carbonyl (C=O) groups is 3. The number of ether oxygens (including phenoxy) is 2. The van der Waals surface area contributed by atoms with Crippen molar-refractivity contribution in [3.8, 4) is 0 Å². The Morgan fingerprint density at radius 2 is 1.82 bits per heavy atom. The third-order valence-corrected chi connectivity index (χ3v) is 3.91. The summed E-state index contributed by atoms with van der Waals surface area (Å²) in [5.41, 5.74) is 1.24. The van der Waals surface area contributed by atoms with Gasteiger partial charge in [-0.2, -0.15) is 0 Å². The molecule has 1 amide bonds. The van der Waals surface area contributed by atoms with E-state index >= 15 is 0 Å². The van der Waals surface area contributed by atoms with Gasteiger partial charge in [-0.25, -0.2) is 14.0 Å². The maximum atomic E-state index is 13.0. The summed E-state index contributed by atoms with van der Waals surface area (Å²) in [6, 6.07) is 9.88. The summed E-state index contributed by atoms with van der Waals surface area (Å²) in [6.07, 6.45) is 1.53. The van der Waals surface area contributed by atoms with Crippen molar-refractivity contribution in [3.05, 3.63) is 70.5 Å². The summed E-state index contributed by atoms with van der Waals surface area (Å²) in [4.78, 5) is 35.3. The molecule has 0 radical (unpaired) electrons. The molecule has 0 aliphatic heterocycles. The largest absolute Gasteiger partial charge is 0.465 e. The fourth-order valence-corrected chi connectivity index (χ4v) is 2.32. The van der Waals surface area contributed by atoms with Gasteiger partial charge in [0, 0.05) is 6.08 Å². The van der Waals surface area contributed by atoms with Gasteiger partial charge in [-0.1, -0.05) is 23.7 Å². The second kappa shape index (κ2) is 9.66. The SMILES string of the molecule is COC(=O)c1ccc(/C=C/C(=O)O[C@H](C)C(=O)Nc2ccc(F)cc2Cl)cc1. The van der Waals surface area contributed by atoms with E-state index in [-0.39, 0.29) is 10.7 Å². The molecule has 8 heteroatoms. The van der Waals surface area contributed by atoms with Crippen LogP contribution in [0.15, 0.2) is 48.5 Å². The summed E-state index contributed by atoms with van der Waals surface area (Å²) < 4.78 is 22.6. The molecule has 0 unspecified atom stereocenters. The second-order valence-corrected chi connectivity index (χ2v) is 6.05. The van der Waals surface area contributed by atoms with Crippen molar-refractivity contribution in [2.45, 2.75) is 13.0 Å². The molecule has 0 fully saturated rings. The molecular weight excluding hydrogens is 389 g/mol. The highest BCUT2D eigenvalue weighted by Gasteiger charge is 2.18. The van der Waals surface area contributed by atoms with Crippen molar-refractivity contribution in [1.29, 1.82) is 0 Å². The number of nitrogens with one attached hydrogen (secondary N) is 1. The Kier molecular flexibility index (Phi) is 7.28. The van der Waals surface area contributed by atoms with E-state index in [2.05, 4.69) is 10.1 Å². The number of carbonyl (C=O) groups excluding carboxylic acids is 3. The number of amides is 1. The highest BCUT2D eigenvalue weighted by Crippen LogP contribution is 2.22. The van der Waals surface area contributed by atoms with Gasteiger partial charge in [-0.15, -0.1) is 0 Å². The lowest BCUT2D eigenvalue weighted by Gasteiger charge is -2.13. The zero-order chi connectivity index (χ0) is 20.7. The van der Waals surface area contributed by atoms with E-state index in [1.165, 1.54) is 26.2 Å². The third-order valence-electron chi connectivity index (χ3n) is 3.59. The lowest BCUT2D eigenvalue weighted by molar-refractivity contribution is -0.148. The first-order valence-electron chi connectivity index (χ1n) is 8.13. The van der Waals surface area contributed by atoms with Gasteiger partial charge in [0.1, 0.15) is 5.82 Å². The minimum Gasteiger partial charge on any atom is -0.465 e. The normalized spacial score (nSPS) is 11.7. The summed E-state index contributed by atoms with van der Waals surface area (Å²) in [5, 5.41) is 2.49. The van der Waals surface area contributed by atoms with Crippen LogP contribution in [0.4, 0.5) is 10.1 Å². The van der Waals surface area contributed by atoms with E-state index in [9.17, 15) is 18.8 Å². The smallest absolute Gasteiger partial charge is 0.337 e. The van der Waals surface area contributed by atoms with Crippen LogP contribution >= 0.6 is 11.6 Å². The van der Waals surface area contributed by atoms with Crippen LogP contribution in [0.3, 0.4) is 0 Å². The first-order chi connectivity index (χ1) is 13.3. The molecule has 2 aromatic carbocycles. The molecule has 6 nitrogen and oxygen atoms in total. The Labute approximate surface area is 165 Å². The molecule has 0 bridgehead atoms. The molecule has 0 saturated carbocycles. The molecule has 146 valence electrons. The molecule has 0 aliphatic rings. The Morgan fingerprint density at radius 3 is 2.43 bits per heavy atom. The highest BCUT2D eigenvalue weighted by atomic mass is 35.5. The van der Waals surface area contributed by atoms with Gasteiger partial charge < -0.3 is 14.8 Å². The standard InChI is InChI=1S/C20H17ClFNO5/c1-12(19(25)23-17-9-8-15(22)11-16(17)21)28-18(24)10-5-13-3-6-14(7-4-13)20(26)27-2/h3-12H,1-2H3,(H,23,25)/b10-5+/t12-/m1/s1. The quantitative estimate of drug-likeness (QED) is 0.583. The van der Waals surface area contributed by atoms with Gasteiger partial charge in [0.2, 0.25) is 0 Å². The second-order valence-electron chi connectivity index (χ2n) is 5.64. The number of benzene rings is 2. The minimum absolute atomic E-state index is 0.0298. The van der Waals surface area contributed by atoms with E-state index in [0.717, 1.165) is 18.2 Å². The number of hydrogen-bond acceptors (Lipinski definition) is 5. The lowest BCUT2D eigenvalue weighted by atomic mass is 10.1. The Hall–Kier alpha value is -3.19. The number of anilines is 1. The Bertz CT molecular complexity index is 911. The fourth-order valence-electron chi connectivity index (χ4n) is 2.10. The fraction of sp³-hybridized carbons (Fsp3) is 0.150. The van der Waals surface area contributed by atoms with Gasteiger partial charge >= 0.3 is 11.9 Å². The summed E-state index contributed by atoms with van der Waals surface area (Å²) in [7, 11) is 1.29. The molecule has 0 aromatic heterocycles. The van der Waals surface area contributed by atoms with Crippen LogP contribution in [-0.2, 0) is 19.1 Å². The predicted molar refractivity (Wildman–Crippen MR) is 102 cm³/mol. The van der Waals surface area contributed by atoms with E-state index in [1.54, 1.807) is 24.3 Å². The average molecular weight is 406 g/mol. The third kappa shape index (κ3) is 5.92. The number of esters is 2. The summed E-state index contributed by atoms with van der Waals surface area (Å²) >= 11 is 5.84. The van der Waals surface area contributed by atoms with E-state index in [0.29, 0.717) is 11.1 Å². The topological polar surface area (TPSA) is 81.7 Å². The lowest BCUT2D eigenvalue weighted by Crippen LogP contribution is -2.29. The molecule has 2 rings (SSSR count). The van der Waals surface area contributed by atoms with Gasteiger partial charge in [-0.05, 0) is 48.9 Å². The van der Waals surface area contributed by atoms with Crippen molar-refractivity contribution in [1.82, 2.24) is 0 Å². The van der Waals surface area contributed by atoms with Gasteiger partial charge in [0.05, 0.1) is 23.4 Å². The van der Waals surface area contributed by atoms with Crippen molar-refractivity contribution in [2.75, 3.05) is 12.4 Å². The maximum absolute atomic E-state index is 13.0. The summed E-state index contributed by atoms with van der Waals surface area (Å²) in [6.45, 7) is 1.39. The molecule has 28 heavy (non-hydrogen) atoms. The molecule has 0 spiro atoms. The molecule has 0 saturated heterocycles. The molecule has 1 atom stereocenters. The van der Waals surface area contributed by atoms with Crippen molar-refractivity contribution < 1.29 is 28.2 Å². The van der Waals surface area contributed by atoms with Crippen LogP contribution in [0.5, 0.6) is 0 Å². The number of rotatable bonds is 6. The minimum atomic E-state index is -1.10. The highest BCUT2D eigenvalue weighted by molar-refractivity contribution is 6.33. The van der Waals surface area contributed by atoms with Crippen molar-refractivity contribution >= 4 is 41.2 Å². The van der Waals surface area contributed by atoms with Crippen LogP contribution in [0.2, 0.25) is 5.02 Å². The van der Waals surface area contributed by atoms with E-state index < -0.39 is 29.8 Å². The van der Waals surface area contributed by atoms with Crippen LogP contribution in [0.25, 0.3) is 6.08 Å². The Balaban J connectivity index is 1.91. The van der Waals surface area contributed by atoms with E-state index in [1.807, 2.05) is 0 Å². The first kappa shape index (κ1) is 21.1. The van der Waals surface area contributed by atoms with Crippen molar-refractivity contribution in [2.24, 2.45) is 0 Å². The summed E-state index contributed by atoms with van der Waals surface area (Å²) in [5.74, 6) is -2.34. The first-order valence-corrected chi connectivity index (χ1v) is 8.51. The zero-order valence-electron chi connectivity index (χ0n) is 15.1. The van der Waals surface area contributed by atoms with Crippen LogP contribution in [0.1, 0.15) is 22.8 Å². The number of halogens is 2. The molecule has 0 heterocycles. The number of methoxy groups -OCH3 is 1. The molecule has 2 aromatic rings. The molecular formula is C20H17ClFNO5. The number of hydrogen-bond donors (Lipinski definition) is 1. The average Bonchev–Trinajstić information content (AvgIpc) is 2.68. The van der Waals surface area contributed by atoms with Gasteiger partial charge in [-0.3, -0.25) is 4.79 Å². The van der Waals surface area contributed by atoms with Crippen LogP contribution < -0.4 is 5.32 Å². The van der Waals surface area contributed by atoms with Crippen LogP contribution in [0, 0.1) is 5.82 Å². The molecule has 0 aliphatic carbocycles.